The summed E-state index contributed by atoms with van der Waals surface area (Å²) in [4.78, 5) is 36.4. The van der Waals surface area contributed by atoms with Crippen molar-refractivity contribution in [2.75, 3.05) is 13.6 Å². The van der Waals surface area contributed by atoms with E-state index in [-0.39, 0.29) is 17.4 Å². The molecule has 0 aliphatic carbocycles. The lowest BCUT2D eigenvalue weighted by molar-refractivity contribution is -0.134. The van der Waals surface area contributed by atoms with Crippen LogP contribution in [-0.2, 0) is 20.8 Å². The zero-order valence-electron chi connectivity index (χ0n) is 15.1. The molecule has 1 amide bonds. The van der Waals surface area contributed by atoms with Crippen LogP contribution in [0.25, 0.3) is 0 Å². The summed E-state index contributed by atoms with van der Waals surface area (Å²) in [5, 5.41) is 2.87. The summed E-state index contributed by atoms with van der Waals surface area (Å²) in [7, 11) is 1.87. The number of benzene rings is 1. The highest BCUT2D eigenvalue weighted by atomic mass is 16.6. The largest absolute Gasteiger partial charge is 0.423 e. The van der Waals surface area contributed by atoms with E-state index < -0.39 is 11.9 Å². The Hall–Kier alpha value is -3.09. The zero-order chi connectivity index (χ0) is 19.1. The number of carbonyl (C=O) groups is 3. The van der Waals surface area contributed by atoms with E-state index in [4.69, 9.17) is 9.47 Å². The van der Waals surface area contributed by atoms with Crippen LogP contribution >= 0.6 is 0 Å². The molecule has 0 saturated carbocycles. The minimum atomic E-state index is -0.509. The van der Waals surface area contributed by atoms with Crippen molar-refractivity contribution in [3.63, 3.8) is 0 Å². The van der Waals surface area contributed by atoms with Gasteiger partial charge in [0.15, 0.2) is 11.5 Å². The molecule has 7 nitrogen and oxygen atoms in total. The molecule has 0 saturated heterocycles. The van der Waals surface area contributed by atoms with Crippen molar-refractivity contribution in [2.24, 2.45) is 0 Å². The van der Waals surface area contributed by atoms with E-state index in [9.17, 15) is 14.4 Å². The Bertz CT molecular complexity index is 767. The summed E-state index contributed by atoms with van der Waals surface area (Å²) in [6.45, 7) is 2.97. The maximum atomic E-state index is 12.2. The average Bonchev–Trinajstić information content (AvgIpc) is 2.56. The van der Waals surface area contributed by atoms with E-state index in [0.717, 1.165) is 5.56 Å². The Labute approximate surface area is 152 Å². The smallest absolute Gasteiger partial charge is 0.308 e. The number of rotatable bonds is 6. The van der Waals surface area contributed by atoms with Gasteiger partial charge in [0.1, 0.15) is 0 Å². The minimum absolute atomic E-state index is 0.113. The Kier molecular flexibility index (Phi) is 6.54. The van der Waals surface area contributed by atoms with Gasteiger partial charge in [0.2, 0.25) is 5.91 Å². The average molecular weight is 358 g/mol. The summed E-state index contributed by atoms with van der Waals surface area (Å²) in [5.41, 5.74) is 1.54. The van der Waals surface area contributed by atoms with Crippen LogP contribution in [0.4, 0.5) is 0 Å². The number of carbonyl (C=O) groups excluding carboxylic acids is 3. The van der Waals surface area contributed by atoms with E-state index in [1.54, 1.807) is 24.4 Å². The van der Waals surface area contributed by atoms with Crippen LogP contribution in [0.3, 0.4) is 0 Å². The summed E-state index contributed by atoms with van der Waals surface area (Å²) < 4.78 is 10.1. The number of hydrogen-bond acceptors (Lipinski definition) is 6. The lowest BCUT2D eigenvalue weighted by Gasteiger charge is -2.16. The van der Waals surface area contributed by atoms with Crippen molar-refractivity contribution in [3.05, 3.63) is 47.8 Å². The van der Waals surface area contributed by atoms with Gasteiger partial charge in [-0.1, -0.05) is 12.1 Å². The van der Waals surface area contributed by atoms with Gasteiger partial charge in [-0.2, -0.15) is 0 Å². The first kappa shape index (κ1) is 19.2. The summed E-state index contributed by atoms with van der Waals surface area (Å²) in [6.07, 6.45) is 6.76. The van der Waals surface area contributed by atoms with Gasteiger partial charge in [0.05, 0.1) is 0 Å². The molecule has 138 valence electrons. The lowest BCUT2D eigenvalue weighted by atomic mass is 10.1. The Balaban J connectivity index is 1.97. The SMILES string of the molecule is CC(=O)Oc1ccc(CCNC(=O)C2=CN(C)C=CC2)cc1OC(C)=O. The fraction of sp³-hybridized carbons (Fsp3) is 0.316. The number of allylic oxidation sites excluding steroid dienone is 1. The van der Waals surface area contributed by atoms with Gasteiger partial charge < -0.3 is 19.7 Å². The molecule has 26 heavy (non-hydrogen) atoms. The van der Waals surface area contributed by atoms with Crippen molar-refractivity contribution < 1.29 is 23.9 Å². The molecule has 7 heteroatoms. The van der Waals surface area contributed by atoms with Gasteiger partial charge in [-0.05, 0) is 36.7 Å². The molecule has 0 bridgehead atoms. The van der Waals surface area contributed by atoms with Crippen LogP contribution in [0, 0.1) is 0 Å². The van der Waals surface area contributed by atoms with Crippen LogP contribution in [-0.4, -0.2) is 36.3 Å². The number of esters is 2. The van der Waals surface area contributed by atoms with Crippen LogP contribution in [0.1, 0.15) is 25.8 Å². The highest BCUT2D eigenvalue weighted by molar-refractivity contribution is 5.93. The molecular weight excluding hydrogens is 336 g/mol. The number of nitrogens with zero attached hydrogens (tertiary/aromatic N) is 1. The third kappa shape index (κ3) is 5.77. The number of ether oxygens (including phenoxy) is 2. The number of hydrogen-bond donors (Lipinski definition) is 1. The second kappa shape index (κ2) is 8.84. The molecule has 0 atom stereocenters. The zero-order valence-corrected chi connectivity index (χ0v) is 15.1. The van der Waals surface area contributed by atoms with Crippen molar-refractivity contribution >= 4 is 17.8 Å². The molecule has 1 aliphatic heterocycles. The van der Waals surface area contributed by atoms with Gasteiger partial charge >= 0.3 is 11.9 Å². The van der Waals surface area contributed by atoms with Gasteiger partial charge in [-0.25, -0.2) is 0 Å². The summed E-state index contributed by atoms with van der Waals surface area (Å²) >= 11 is 0. The van der Waals surface area contributed by atoms with Crippen molar-refractivity contribution in [2.45, 2.75) is 26.7 Å². The van der Waals surface area contributed by atoms with E-state index in [1.807, 2.05) is 24.2 Å². The maximum Gasteiger partial charge on any atom is 0.308 e. The standard InChI is InChI=1S/C19H22N2O5/c1-13(22)25-17-7-6-15(11-18(17)26-14(2)23)8-9-20-19(24)16-5-4-10-21(3)12-16/h4,6-7,10-12H,5,8-9H2,1-3H3,(H,20,24). The summed E-state index contributed by atoms with van der Waals surface area (Å²) in [5.74, 6) is -0.762. The second-order valence-electron chi connectivity index (χ2n) is 5.88. The molecule has 1 aromatic rings. The third-order valence-corrected chi connectivity index (χ3v) is 3.54. The molecule has 0 aromatic heterocycles. The number of amides is 1. The first-order chi connectivity index (χ1) is 12.3. The fourth-order valence-electron chi connectivity index (χ4n) is 2.45. The topological polar surface area (TPSA) is 84.9 Å². The van der Waals surface area contributed by atoms with Crippen molar-refractivity contribution in [3.8, 4) is 11.5 Å². The molecule has 0 spiro atoms. The Morgan fingerprint density at radius 3 is 2.46 bits per heavy atom. The van der Waals surface area contributed by atoms with Crippen LogP contribution in [0.15, 0.2) is 42.2 Å². The van der Waals surface area contributed by atoms with E-state index >= 15 is 0 Å². The van der Waals surface area contributed by atoms with E-state index in [2.05, 4.69) is 5.32 Å². The molecule has 1 heterocycles. The quantitative estimate of drug-likeness (QED) is 0.618. The predicted molar refractivity (Wildman–Crippen MR) is 95.4 cm³/mol. The Morgan fingerprint density at radius 2 is 1.81 bits per heavy atom. The highest BCUT2D eigenvalue weighted by Crippen LogP contribution is 2.29. The normalized spacial score (nSPS) is 13.0. The third-order valence-electron chi connectivity index (χ3n) is 3.54. The first-order valence-electron chi connectivity index (χ1n) is 8.22. The molecule has 0 radical (unpaired) electrons. The lowest BCUT2D eigenvalue weighted by Crippen LogP contribution is -2.28. The molecule has 1 N–H and O–H groups in total. The maximum absolute atomic E-state index is 12.2. The highest BCUT2D eigenvalue weighted by Gasteiger charge is 2.13. The predicted octanol–water partition coefficient (Wildman–Crippen LogP) is 1.93. The van der Waals surface area contributed by atoms with Gasteiger partial charge in [0.25, 0.3) is 0 Å². The molecule has 0 fully saturated rings. The van der Waals surface area contributed by atoms with Crippen molar-refractivity contribution in [1.82, 2.24) is 10.2 Å². The molecule has 2 rings (SSSR count). The van der Waals surface area contributed by atoms with E-state index in [1.165, 1.54) is 13.8 Å². The Morgan fingerprint density at radius 1 is 1.12 bits per heavy atom. The van der Waals surface area contributed by atoms with Gasteiger partial charge in [-0.3, -0.25) is 14.4 Å². The molecule has 1 aromatic carbocycles. The van der Waals surface area contributed by atoms with Crippen LogP contribution in [0.5, 0.6) is 11.5 Å². The van der Waals surface area contributed by atoms with Crippen LogP contribution in [0.2, 0.25) is 0 Å². The van der Waals surface area contributed by atoms with Crippen molar-refractivity contribution in [1.29, 1.82) is 0 Å². The fourth-order valence-corrected chi connectivity index (χ4v) is 2.45. The number of nitrogens with one attached hydrogen (secondary N) is 1. The molecule has 0 unspecified atom stereocenters. The van der Waals surface area contributed by atoms with Gasteiger partial charge in [0, 0.05) is 39.2 Å². The van der Waals surface area contributed by atoms with Gasteiger partial charge in [-0.15, -0.1) is 0 Å². The van der Waals surface area contributed by atoms with Crippen LogP contribution < -0.4 is 14.8 Å². The first-order valence-corrected chi connectivity index (χ1v) is 8.22. The monoisotopic (exact) mass is 358 g/mol. The summed E-state index contributed by atoms with van der Waals surface area (Å²) in [6, 6.07) is 4.95. The minimum Gasteiger partial charge on any atom is -0.423 e. The second-order valence-corrected chi connectivity index (χ2v) is 5.88. The van der Waals surface area contributed by atoms with E-state index in [0.29, 0.717) is 25.0 Å². The molecule has 1 aliphatic rings. The molecular formula is C19H22N2O5.